The van der Waals surface area contributed by atoms with Crippen LogP contribution in [0.3, 0.4) is 0 Å². The van der Waals surface area contributed by atoms with Gasteiger partial charge >= 0.3 is 0 Å². The van der Waals surface area contributed by atoms with Gasteiger partial charge in [0.1, 0.15) is 5.75 Å². The van der Waals surface area contributed by atoms with Crippen LogP contribution in [0, 0.1) is 0 Å². The third-order valence-corrected chi connectivity index (χ3v) is 4.17. The summed E-state index contributed by atoms with van der Waals surface area (Å²) in [5, 5.41) is 14.0. The van der Waals surface area contributed by atoms with Gasteiger partial charge in [-0.25, -0.2) is 0 Å². The molecule has 4 N–H and O–H groups in total. The van der Waals surface area contributed by atoms with Crippen LogP contribution in [0.15, 0.2) is 18.2 Å². The Hall–Kier alpha value is -1.42. The fraction of sp³-hybridized carbons (Fsp3) is 0.647. The van der Waals surface area contributed by atoms with Gasteiger partial charge in [-0.15, -0.1) is 0 Å². The van der Waals surface area contributed by atoms with Gasteiger partial charge in [0.15, 0.2) is 0 Å². The van der Waals surface area contributed by atoms with Crippen molar-refractivity contribution >= 4 is 11.4 Å². The van der Waals surface area contributed by atoms with Crippen molar-refractivity contribution < 1.29 is 9.84 Å². The molecular weight excluding hydrogens is 264 g/mol. The lowest BCUT2D eigenvalue weighted by Gasteiger charge is -2.27. The number of rotatable bonds is 6. The molecule has 1 aliphatic carbocycles. The lowest BCUT2D eigenvalue weighted by molar-refractivity contribution is 0.0381. The Morgan fingerprint density at radius 1 is 1.24 bits per heavy atom. The number of nitrogens with one attached hydrogen (secondary N) is 1. The van der Waals surface area contributed by atoms with E-state index in [4.69, 9.17) is 10.5 Å². The summed E-state index contributed by atoms with van der Waals surface area (Å²) in [5.41, 5.74) is 7.01. The molecule has 0 aliphatic heterocycles. The van der Waals surface area contributed by atoms with Crippen LogP contribution in [-0.4, -0.2) is 23.9 Å². The van der Waals surface area contributed by atoms with Gasteiger partial charge in [-0.3, -0.25) is 0 Å². The average Bonchev–Trinajstić information content (AvgIpc) is 2.70. The van der Waals surface area contributed by atoms with Crippen molar-refractivity contribution in [2.24, 2.45) is 0 Å². The molecule has 1 aromatic carbocycles. The fourth-order valence-electron chi connectivity index (χ4n) is 2.86. The number of benzene rings is 1. The van der Waals surface area contributed by atoms with Gasteiger partial charge in [0.25, 0.3) is 0 Å². The first-order valence-electron chi connectivity index (χ1n) is 8.12. The van der Waals surface area contributed by atoms with E-state index >= 15 is 0 Å². The van der Waals surface area contributed by atoms with Crippen LogP contribution in [0.5, 0.6) is 5.75 Å². The van der Waals surface area contributed by atoms with E-state index in [1.807, 2.05) is 18.2 Å². The molecule has 0 saturated heterocycles. The smallest absolute Gasteiger partial charge is 0.144 e. The zero-order chi connectivity index (χ0) is 15.1. The quantitative estimate of drug-likeness (QED) is 0.554. The second-order valence-electron chi connectivity index (χ2n) is 6.06. The van der Waals surface area contributed by atoms with E-state index in [0.29, 0.717) is 18.8 Å². The largest absolute Gasteiger partial charge is 0.491 e. The molecule has 21 heavy (non-hydrogen) atoms. The number of hydrogen-bond donors (Lipinski definition) is 3. The Bertz CT molecular complexity index is 440. The normalized spacial score (nSPS) is 18.0. The van der Waals surface area contributed by atoms with Crippen molar-refractivity contribution in [1.82, 2.24) is 0 Å². The number of hydrogen-bond acceptors (Lipinski definition) is 4. The summed E-state index contributed by atoms with van der Waals surface area (Å²) >= 11 is 0. The number of nitrogen functional groups attached to an aromatic ring is 1. The van der Waals surface area contributed by atoms with Crippen LogP contribution >= 0.6 is 0 Å². The van der Waals surface area contributed by atoms with Gasteiger partial charge < -0.3 is 20.9 Å². The zero-order valence-electron chi connectivity index (χ0n) is 13.0. The first-order chi connectivity index (χ1) is 10.1. The van der Waals surface area contributed by atoms with E-state index in [1.54, 1.807) is 0 Å². The molecule has 0 bridgehead atoms. The highest BCUT2D eigenvalue weighted by Crippen LogP contribution is 2.32. The first-order valence-corrected chi connectivity index (χ1v) is 8.12. The number of anilines is 2. The summed E-state index contributed by atoms with van der Waals surface area (Å²) in [5.74, 6) is 0.717. The lowest BCUT2D eigenvalue weighted by Crippen LogP contribution is -2.36. The maximum absolute atomic E-state index is 10.7. The highest BCUT2D eigenvalue weighted by atomic mass is 16.5. The molecule has 0 unspecified atom stereocenters. The summed E-state index contributed by atoms with van der Waals surface area (Å²) < 4.78 is 5.64. The molecule has 1 saturated carbocycles. The number of ether oxygens (including phenoxy) is 1. The van der Waals surface area contributed by atoms with Gasteiger partial charge in [0.2, 0.25) is 0 Å². The third-order valence-electron chi connectivity index (χ3n) is 4.17. The summed E-state index contributed by atoms with van der Waals surface area (Å²) in [4.78, 5) is 0. The molecule has 0 atom stereocenters. The molecule has 2 rings (SSSR count). The monoisotopic (exact) mass is 292 g/mol. The molecule has 0 aromatic heterocycles. The van der Waals surface area contributed by atoms with Gasteiger partial charge in [-0.1, -0.05) is 38.7 Å². The van der Waals surface area contributed by atoms with Gasteiger partial charge in [-0.05, 0) is 31.4 Å². The van der Waals surface area contributed by atoms with Crippen LogP contribution in [0.1, 0.15) is 51.9 Å². The summed E-state index contributed by atoms with van der Waals surface area (Å²) in [7, 11) is 0. The van der Waals surface area contributed by atoms with Crippen molar-refractivity contribution in [2.75, 3.05) is 24.2 Å². The van der Waals surface area contributed by atoms with Gasteiger partial charge in [0, 0.05) is 6.54 Å². The Morgan fingerprint density at radius 3 is 2.62 bits per heavy atom. The SMILES string of the molecule is CCCOc1cccc(NCC2(O)CCCCCC2)c1N. The molecule has 1 aliphatic rings. The van der Waals surface area contributed by atoms with Crippen LogP contribution in [-0.2, 0) is 0 Å². The highest BCUT2D eigenvalue weighted by Gasteiger charge is 2.27. The molecule has 0 spiro atoms. The Kier molecular flexibility index (Phi) is 5.74. The van der Waals surface area contributed by atoms with E-state index < -0.39 is 5.60 Å². The van der Waals surface area contributed by atoms with Crippen molar-refractivity contribution in [1.29, 1.82) is 0 Å². The van der Waals surface area contributed by atoms with E-state index in [2.05, 4.69) is 12.2 Å². The predicted molar refractivity (Wildman–Crippen MR) is 87.8 cm³/mol. The topological polar surface area (TPSA) is 67.5 Å². The van der Waals surface area contributed by atoms with Crippen LogP contribution in [0.2, 0.25) is 0 Å². The van der Waals surface area contributed by atoms with E-state index in [9.17, 15) is 5.11 Å². The van der Waals surface area contributed by atoms with Crippen LogP contribution < -0.4 is 15.8 Å². The molecule has 1 fully saturated rings. The second-order valence-corrected chi connectivity index (χ2v) is 6.06. The Morgan fingerprint density at radius 2 is 1.95 bits per heavy atom. The van der Waals surface area contributed by atoms with E-state index in [1.165, 1.54) is 12.8 Å². The maximum Gasteiger partial charge on any atom is 0.144 e. The van der Waals surface area contributed by atoms with Crippen LogP contribution in [0.25, 0.3) is 0 Å². The van der Waals surface area contributed by atoms with E-state index in [-0.39, 0.29) is 0 Å². The van der Waals surface area contributed by atoms with Crippen LogP contribution in [0.4, 0.5) is 11.4 Å². The molecule has 0 radical (unpaired) electrons. The summed E-state index contributed by atoms with van der Waals surface area (Å²) in [6.07, 6.45) is 7.35. The minimum absolute atomic E-state index is 0.550. The predicted octanol–water partition coefficient (Wildman–Crippen LogP) is 3.55. The minimum Gasteiger partial charge on any atom is -0.491 e. The molecule has 118 valence electrons. The molecule has 1 aromatic rings. The standard InChI is InChI=1S/C17H28N2O2/c1-2-12-21-15-9-7-8-14(16(15)18)19-13-17(20)10-5-3-4-6-11-17/h7-9,19-20H,2-6,10-13,18H2,1H3. The summed E-state index contributed by atoms with van der Waals surface area (Å²) in [6, 6.07) is 5.76. The number of para-hydroxylation sites is 1. The van der Waals surface area contributed by atoms with Crippen molar-refractivity contribution in [2.45, 2.75) is 57.5 Å². The molecule has 4 nitrogen and oxygen atoms in total. The van der Waals surface area contributed by atoms with Gasteiger partial charge in [-0.2, -0.15) is 0 Å². The molecular formula is C17H28N2O2. The first kappa shape index (κ1) is 16.0. The number of nitrogens with two attached hydrogens (primary N) is 1. The molecule has 4 heteroatoms. The molecule has 0 heterocycles. The third kappa shape index (κ3) is 4.53. The average molecular weight is 292 g/mol. The minimum atomic E-state index is -0.608. The maximum atomic E-state index is 10.7. The fourth-order valence-corrected chi connectivity index (χ4v) is 2.86. The van der Waals surface area contributed by atoms with Crippen molar-refractivity contribution in [3.8, 4) is 5.75 Å². The Labute approximate surface area is 127 Å². The second kappa shape index (κ2) is 7.55. The Balaban J connectivity index is 1.98. The summed E-state index contributed by atoms with van der Waals surface area (Å²) in [6.45, 7) is 3.28. The van der Waals surface area contributed by atoms with Crippen molar-refractivity contribution in [3.63, 3.8) is 0 Å². The molecule has 0 amide bonds. The van der Waals surface area contributed by atoms with Gasteiger partial charge in [0.05, 0.1) is 23.6 Å². The zero-order valence-corrected chi connectivity index (χ0v) is 13.0. The lowest BCUT2D eigenvalue weighted by atomic mass is 9.94. The van der Waals surface area contributed by atoms with E-state index in [0.717, 1.165) is 43.5 Å². The highest BCUT2D eigenvalue weighted by molar-refractivity contribution is 5.73. The van der Waals surface area contributed by atoms with Crippen molar-refractivity contribution in [3.05, 3.63) is 18.2 Å². The number of aliphatic hydroxyl groups is 1.